The zero-order valence-corrected chi connectivity index (χ0v) is 20.8. The van der Waals surface area contributed by atoms with Gasteiger partial charge in [0.05, 0.1) is 17.2 Å². The van der Waals surface area contributed by atoms with Crippen molar-refractivity contribution in [3.8, 4) is 5.75 Å². The molecule has 0 spiro atoms. The lowest BCUT2D eigenvalue weighted by atomic mass is 9.97. The van der Waals surface area contributed by atoms with Crippen LogP contribution in [0.4, 0.5) is 18.9 Å². The highest BCUT2D eigenvalue weighted by molar-refractivity contribution is 7.10. The van der Waals surface area contributed by atoms with Gasteiger partial charge in [-0.25, -0.2) is 0 Å². The first-order chi connectivity index (χ1) is 16.9. The maximum atomic E-state index is 13.4. The number of ether oxygens (including phenoxy) is 1. The number of hydrogen-bond donors (Lipinski definition) is 1. The summed E-state index contributed by atoms with van der Waals surface area (Å²) in [5.74, 6) is -1.77. The number of thiophene rings is 1. The third-order valence-electron chi connectivity index (χ3n) is 5.86. The number of hydrogen-bond acceptors (Lipinski definition) is 5. The van der Waals surface area contributed by atoms with Gasteiger partial charge in [-0.3, -0.25) is 14.5 Å². The van der Waals surface area contributed by atoms with Crippen molar-refractivity contribution in [3.63, 3.8) is 0 Å². The van der Waals surface area contributed by atoms with E-state index in [2.05, 4.69) is 0 Å². The number of halogens is 3. The molecule has 1 unspecified atom stereocenters. The molecule has 0 bridgehead atoms. The van der Waals surface area contributed by atoms with E-state index in [0.717, 1.165) is 22.6 Å². The van der Waals surface area contributed by atoms with Crippen LogP contribution in [-0.2, 0) is 15.8 Å². The Kier molecular flexibility index (Phi) is 6.70. The van der Waals surface area contributed by atoms with Gasteiger partial charge in [0.2, 0.25) is 0 Å². The molecule has 0 saturated carbocycles. The maximum absolute atomic E-state index is 13.4. The fourth-order valence-electron chi connectivity index (χ4n) is 4.18. The van der Waals surface area contributed by atoms with Crippen molar-refractivity contribution in [2.24, 2.45) is 0 Å². The number of aliphatic hydroxyl groups excluding tert-OH is 1. The molecule has 2 aromatic carbocycles. The number of Topliss-reactive ketones (excluding diaryl/α,β-unsaturated/α-hetero) is 1. The van der Waals surface area contributed by atoms with E-state index in [9.17, 15) is 27.9 Å². The number of benzene rings is 2. The summed E-state index contributed by atoms with van der Waals surface area (Å²) in [5.41, 5.74) is 0.542. The second-order valence-corrected chi connectivity index (χ2v) is 9.78. The number of aryl methyl sites for hydroxylation is 2. The monoisotopic (exact) mass is 515 g/mol. The molecule has 1 atom stereocenters. The van der Waals surface area contributed by atoms with Crippen molar-refractivity contribution in [2.75, 3.05) is 4.90 Å². The molecule has 3 aromatic rings. The Morgan fingerprint density at radius 1 is 1.06 bits per heavy atom. The Morgan fingerprint density at radius 2 is 1.78 bits per heavy atom. The normalized spacial score (nSPS) is 17.8. The molecule has 1 saturated heterocycles. The second kappa shape index (κ2) is 9.46. The van der Waals surface area contributed by atoms with E-state index in [1.807, 2.05) is 13.8 Å². The molecule has 1 aromatic heterocycles. The van der Waals surface area contributed by atoms with Gasteiger partial charge in [0, 0.05) is 16.1 Å². The number of alkyl halides is 3. The molecule has 0 radical (unpaired) electrons. The topological polar surface area (TPSA) is 66.8 Å². The highest BCUT2D eigenvalue weighted by Crippen LogP contribution is 2.46. The molecular formula is C27H24F3NO4S. The number of ketones is 1. The minimum absolute atomic E-state index is 0.0669. The lowest BCUT2D eigenvalue weighted by molar-refractivity contribution is -0.137. The van der Waals surface area contributed by atoms with E-state index in [0.29, 0.717) is 21.8 Å². The van der Waals surface area contributed by atoms with Gasteiger partial charge in [0.1, 0.15) is 17.6 Å². The first-order valence-corrected chi connectivity index (χ1v) is 12.1. The van der Waals surface area contributed by atoms with Gasteiger partial charge in [-0.1, -0.05) is 6.07 Å². The number of anilines is 1. The number of nitrogens with zero attached hydrogens (tertiary/aromatic N) is 1. The van der Waals surface area contributed by atoms with Crippen molar-refractivity contribution in [1.82, 2.24) is 0 Å². The van der Waals surface area contributed by atoms with Crippen LogP contribution in [0.2, 0.25) is 0 Å². The molecule has 4 rings (SSSR count). The van der Waals surface area contributed by atoms with Crippen molar-refractivity contribution >= 4 is 34.5 Å². The van der Waals surface area contributed by atoms with Crippen molar-refractivity contribution in [1.29, 1.82) is 0 Å². The summed E-state index contributed by atoms with van der Waals surface area (Å²) >= 11 is 1.25. The van der Waals surface area contributed by atoms with Crippen LogP contribution in [0.25, 0.3) is 5.76 Å². The van der Waals surface area contributed by atoms with Crippen LogP contribution in [0.1, 0.15) is 47.0 Å². The summed E-state index contributed by atoms with van der Waals surface area (Å²) in [6.45, 7) is 7.33. The van der Waals surface area contributed by atoms with Crippen LogP contribution in [0, 0.1) is 13.8 Å². The van der Waals surface area contributed by atoms with Gasteiger partial charge in [-0.05, 0) is 86.7 Å². The Bertz CT molecular complexity index is 1370. The number of aliphatic hydroxyl groups is 1. The number of rotatable bonds is 5. The zero-order valence-electron chi connectivity index (χ0n) is 20.0. The summed E-state index contributed by atoms with van der Waals surface area (Å²) in [5, 5.41) is 13.0. The average Bonchev–Trinajstić information content (AvgIpc) is 3.34. The summed E-state index contributed by atoms with van der Waals surface area (Å²) in [6.07, 6.45) is -4.70. The predicted molar refractivity (Wildman–Crippen MR) is 132 cm³/mol. The van der Waals surface area contributed by atoms with E-state index in [1.165, 1.54) is 23.5 Å². The lowest BCUT2D eigenvalue weighted by Gasteiger charge is -2.25. The molecule has 1 fully saturated rings. The largest absolute Gasteiger partial charge is 0.507 e. The molecule has 5 nitrogen and oxygen atoms in total. The molecule has 36 heavy (non-hydrogen) atoms. The number of carbonyl (C=O) groups excluding carboxylic acids is 2. The minimum Gasteiger partial charge on any atom is -0.507 e. The smallest absolute Gasteiger partial charge is 0.416 e. The standard InChI is InChI=1S/C27H24F3NO4S/c1-14(2)35-20-9-8-17(12-16(20)4)23(32)21-22(25-15(3)10-11-36-25)31(26(34)24(21)33)19-7-5-6-18(13-19)27(28,29)30/h5-14,22,32H,1-4H3/b23-21-. The number of amides is 1. The van der Waals surface area contributed by atoms with Crippen LogP contribution in [0.3, 0.4) is 0 Å². The zero-order chi connectivity index (χ0) is 26.4. The Balaban J connectivity index is 1.90. The molecule has 2 heterocycles. The summed E-state index contributed by atoms with van der Waals surface area (Å²) in [6, 6.07) is 9.86. The van der Waals surface area contributed by atoms with Crippen LogP contribution >= 0.6 is 11.3 Å². The summed E-state index contributed by atoms with van der Waals surface area (Å²) < 4.78 is 46.0. The highest BCUT2D eigenvalue weighted by Gasteiger charge is 2.48. The first-order valence-electron chi connectivity index (χ1n) is 11.2. The lowest BCUT2D eigenvalue weighted by Crippen LogP contribution is -2.29. The highest BCUT2D eigenvalue weighted by atomic mass is 32.1. The van der Waals surface area contributed by atoms with Gasteiger partial charge in [0.15, 0.2) is 0 Å². The maximum Gasteiger partial charge on any atom is 0.416 e. The third kappa shape index (κ3) is 4.63. The molecule has 1 N–H and O–H groups in total. The van der Waals surface area contributed by atoms with E-state index in [1.54, 1.807) is 43.5 Å². The molecule has 0 aliphatic carbocycles. The van der Waals surface area contributed by atoms with Gasteiger partial charge in [0.25, 0.3) is 11.7 Å². The van der Waals surface area contributed by atoms with E-state index >= 15 is 0 Å². The second-order valence-electron chi connectivity index (χ2n) is 8.83. The summed E-state index contributed by atoms with van der Waals surface area (Å²) in [4.78, 5) is 28.1. The predicted octanol–water partition coefficient (Wildman–Crippen LogP) is 6.80. The Labute approximate surface area is 210 Å². The van der Waals surface area contributed by atoms with Gasteiger partial charge < -0.3 is 9.84 Å². The molecule has 1 aliphatic rings. The fourth-order valence-corrected chi connectivity index (χ4v) is 5.21. The molecular weight excluding hydrogens is 491 g/mol. The summed E-state index contributed by atoms with van der Waals surface area (Å²) in [7, 11) is 0. The van der Waals surface area contributed by atoms with Crippen LogP contribution < -0.4 is 9.64 Å². The molecule has 9 heteroatoms. The van der Waals surface area contributed by atoms with Crippen LogP contribution in [0.5, 0.6) is 5.75 Å². The Morgan fingerprint density at radius 3 is 2.36 bits per heavy atom. The van der Waals surface area contributed by atoms with Gasteiger partial charge in [-0.15, -0.1) is 11.3 Å². The molecule has 188 valence electrons. The molecule has 1 aliphatic heterocycles. The van der Waals surface area contributed by atoms with Crippen molar-refractivity contribution < 1.29 is 32.6 Å². The number of carbonyl (C=O) groups is 2. The fraction of sp³-hybridized carbons (Fsp3) is 0.259. The molecule has 1 amide bonds. The van der Waals surface area contributed by atoms with E-state index in [-0.39, 0.29) is 17.4 Å². The van der Waals surface area contributed by atoms with Crippen molar-refractivity contribution in [3.05, 3.63) is 86.6 Å². The van der Waals surface area contributed by atoms with Crippen LogP contribution in [0.15, 0.2) is 59.5 Å². The van der Waals surface area contributed by atoms with E-state index < -0.39 is 35.2 Å². The Hall–Kier alpha value is -3.59. The van der Waals surface area contributed by atoms with Crippen LogP contribution in [-0.4, -0.2) is 22.9 Å². The van der Waals surface area contributed by atoms with Gasteiger partial charge >= 0.3 is 6.18 Å². The third-order valence-corrected chi connectivity index (χ3v) is 6.93. The van der Waals surface area contributed by atoms with Crippen molar-refractivity contribution in [2.45, 2.75) is 46.0 Å². The van der Waals surface area contributed by atoms with E-state index in [4.69, 9.17) is 4.74 Å². The quantitative estimate of drug-likeness (QED) is 0.231. The average molecular weight is 516 g/mol. The SMILES string of the molecule is Cc1cc(/C(O)=C2/C(=O)C(=O)N(c3cccc(C(F)(F)F)c3)C2c2sccc2C)ccc1OC(C)C. The van der Waals surface area contributed by atoms with Gasteiger partial charge in [-0.2, -0.15) is 13.2 Å². The first kappa shape index (κ1) is 25.5. The minimum atomic E-state index is -4.63.